The fraction of sp³-hybridized carbons (Fsp3) is 0.357. The topological polar surface area (TPSA) is 40.6 Å². The summed E-state index contributed by atoms with van der Waals surface area (Å²) in [5.74, 6) is 0.0984. The molecule has 168 valence electrons. The second-order valence-electron chi connectivity index (χ2n) is 9.16. The number of rotatable bonds is 5. The van der Waals surface area contributed by atoms with Crippen molar-refractivity contribution in [2.45, 2.75) is 34.1 Å². The van der Waals surface area contributed by atoms with Gasteiger partial charge in [-0.25, -0.2) is 0 Å². The molecule has 4 nitrogen and oxygen atoms in total. The van der Waals surface area contributed by atoms with E-state index in [4.69, 9.17) is 0 Å². The highest BCUT2D eigenvalue weighted by Gasteiger charge is 2.29. The number of piperidine rings is 1. The van der Waals surface area contributed by atoms with Crippen LogP contribution in [0.3, 0.4) is 0 Å². The van der Waals surface area contributed by atoms with E-state index in [9.17, 15) is 9.59 Å². The fourth-order valence-corrected chi connectivity index (χ4v) is 3.80. The molecule has 0 radical (unpaired) electrons. The Balaban J connectivity index is 1.98. The third-order valence-corrected chi connectivity index (χ3v) is 6.18. The van der Waals surface area contributed by atoms with E-state index in [1.807, 2.05) is 48.2 Å². The monoisotopic (exact) mass is 430 g/mol. The summed E-state index contributed by atoms with van der Waals surface area (Å²) in [4.78, 5) is 30.1. The second kappa shape index (κ2) is 10.1. The Morgan fingerprint density at radius 1 is 0.844 bits per heavy atom. The molecule has 1 amide bonds. The van der Waals surface area contributed by atoms with E-state index in [2.05, 4.69) is 52.0 Å². The van der Waals surface area contributed by atoms with E-state index in [0.717, 1.165) is 11.1 Å². The lowest BCUT2D eigenvalue weighted by atomic mass is 9.93. The number of benzene rings is 2. The van der Waals surface area contributed by atoms with Crippen molar-refractivity contribution in [3.8, 4) is 0 Å². The van der Waals surface area contributed by atoms with Crippen molar-refractivity contribution in [1.29, 1.82) is 0 Å². The van der Waals surface area contributed by atoms with Gasteiger partial charge in [-0.15, -0.1) is 0 Å². The van der Waals surface area contributed by atoms with E-state index in [1.165, 1.54) is 22.3 Å². The quantitative estimate of drug-likeness (QED) is 0.643. The molecule has 1 saturated heterocycles. The van der Waals surface area contributed by atoms with Gasteiger partial charge in [-0.1, -0.05) is 36.4 Å². The predicted octanol–water partition coefficient (Wildman–Crippen LogP) is 4.75. The lowest BCUT2D eigenvalue weighted by Gasteiger charge is -2.30. The molecule has 0 aromatic heterocycles. The van der Waals surface area contributed by atoms with Crippen molar-refractivity contribution in [3.05, 3.63) is 80.9 Å². The van der Waals surface area contributed by atoms with Gasteiger partial charge in [0.1, 0.15) is 0 Å². The Labute approximate surface area is 192 Å². The second-order valence-corrected chi connectivity index (χ2v) is 9.16. The summed E-state index contributed by atoms with van der Waals surface area (Å²) < 4.78 is 0. The van der Waals surface area contributed by atoms with Gasteiger partial charge >= 0.3 is 0 Å². The van der Waals surface area contributed by atoms with Gasteiger partial charge in [-0.05, 0) is 87.3 Å². The maximum atomic E-state index is 13.4. The molecule has 0 spiro atoms. The minimum Gasteiger partial charge on any atom is -0.334 e. The number of hydrogen-bond acceptors (Lipinski definition) is 3. The lowest BCUT2D eigenvalue weighted by molar-refractivity contribution is -0.131. The average molecular weight is 431 g/mol. The lowest BCUT2D eigenvalue weighted by Crippen LogP contribution is -2.42. The highest BCUT2D eigenvalue weighted by Crippen LogP contribution is 2.24. The van der Waals surface area contributed by atoms with Gasteiger partial charge < -0.3 is 9.80 Å². The Morgan fingerprint density at radius 3 is 1.72 bits per heavy atom. The number of likely N-dealkylation sites (tertiary alicyclic amines) is 1. The molecule has 3 rings (SSSR count). The van der Waals surface area contributed by atoms with Crippen LogP contribution in [0, 0.1) is 27.7 Å². The highest BCUT2D eigenvalue weighted by molar-refractivity contribution is 6.15. The molecule has 0 bridgehead atoms. The summed E-state index contributed by atoms with van der Waals surface area (Å²) >= 11 is 0. The largest absolute Gasteiger partial charge is 0.334 e. The van der Waals surface area contributed by atoms with Crippen LogP contribution in [0.4, 0.5) is 0 Å². The average Bonchev–Trinajstić information content (AvgIpc) is 2.74. The SMILES string of the molecule is Cc1ccc(/C=C2\CN(C(=O)CCN(C)C)C/C(=C\c3ccc(C)c(C)c3)C2=O)cc1C. The number of hydrogen-bond donors (Lipinski definition) is 0. The first-order valence-corrected chi connectivity index (χ1v) is 11.2. The number of Topliss-reactive ketones (excluding diaryl/α,β-unsaturated/α-hetero) is 1. The van der Waals surface area contributed by atoms with E-state index < -0.39 is 0 Å². The molecule has 0 saturated carbocycles. The molecule has 0 aliphatic carbocycles. The third kappa shape index (κ3) is 5.83. The summed E-state index contributed by atoms with van der Waals surface area (Å²) in [6, 6.07) is 12.4. The number of nitrogens with zero attached hydrogens (tertiary/aromatic N) is 2. The van der Waals surface area contributed by atoms with Crippen LogP contribution in [-0.2, 0) is 9.59 Å². The molecule has 4 heteroatoms. The molecule has 1 aliphatic rings. The summed E-state index contributed by atoms with van der Waals surface area (Å²) in [6.45, 7) is 9.69. The van der Waals surface area contributed by atoms with Crippen molar-refractivity contribution in [1.82, 2.24) is 9.80 Å². The van der Waals surface area contributed by atoms with Gasteiger partial charge in [0.05, 0.1) is 0 Å². The first-order chi connectivity index (χ1) is 15.1. The highest BCUT2D eigenvalue weighted by atomic mass is 16.2. The first-order valence-electron chi connectivity index (χ1n) is 11.2. The standard InChI is InChI=1S/C28H34N2O2/c1-19-7-9-23(13-21(19)3)15-25-17-30(27(31)11-12-29(5)6)18-26(28(25)32)16-24-10-8-20(2)22(4)14-24/h7-10,13-16H,11-12,17-18H2,1-6H3/b25-15+,26-16+. The molecule has 2 aromatic rings. The molecule has 1 fully saturated rings. The van der Waals surface area contributed by atoms with Gasteiger partial charge in [0.2, 0.25) is 5.91 Å². The maximum Gasteiger partial charge on any atom is 0.224 e. The van der Waals surface area contributed by atoms with Crippen LogP contribution in [-0.4, -0.2) is 55.2 Å². The van der Waals surface area contributed by atoms with Gasteiger partial charge in [0, 0.05) is 37.2 Å². The van der Waals surface area contributed by atoms with Crippen molar-refractivity contribution in [3.63, 3.8) is 0 Å². The third-order valence-electron chi connectivity index (χ3n) is 6.18. The summed E-state index contributed by atoms with van der Waals surface area (Å²) in [6.07, 6.45) is 4.32. The van der Waals surface area contributed by atoms with Gasteiger partial charge in [0.25, 0.3) is 0 Å². The first kappa shape index (κ1) is 23.7. The number of ketones is 1. The molecule has 0 atom stereocenters. The van der Waals surface area contributed by atoms with Crippen molar-refractivity contribution in [2.24, 2.45) is 0 Å². The Kier molecular flexibility index (Phi) is 7.47. The van der Waals surface area contributed by atoms with Gasteiger partial charge in [0.15, 0.2) is 5.78 Å². The van der Waals surface area contributed by atoms with E-state index >= 15 is 0 Å². The Bertz CT molecular complexity index is 1020. The van der Waals surface area contributed by atoms with Crippen LogP contribution in [0.2, 0.25) is 0 Å². The van der Waals surface area contributed by atoms with Crippen LogP contribution in [0.15, 0.2) is 47.5 Å². The fourth-order valence-electron chi connectivity index (χ4n) is 3.80. The van der Waals surface area contributed by atoms with Crippen LogP contribution in [0.5, 0.6) is 0 Å². The molecule has 0 unspecified atom stereocenters. The minimum atomic E-state index is 0.0260. The van der Waals surface area contributed by atoms with Gasteiger partial charge in [-0.3, -0.25) is 9.59 Å². The zero-order chi connectivity index (χ0) is 23.4. The summed E-state index contributed by atoms with van der Waals surface area (Å²) in [5.41, 5.74) is 8.12. The normalized spacial score (nSPS) is 17.0. The molecule has 1 heterocycles. The van der Waals surface area contributed by atoms with Crippen LogP contribution in [0.1, 0.15) is 39.8 Å². The number of carbonyl (C=O) groups is 2. The number of amides is 1. The zero-order valence-electron chi connectivity index (χ0n) is 20.2. The van der Waals surface area contributed by atoms with Crippen molar-refractivity contribution < 1.29 is 9.59 Å². The molecular weight excluding hydrogens is 396 g/mol. The molecule has 1 aliphatic heterocycles. The Morgan fingerprint density at radius 2 is 1.31 bits per heavy atom. The number of carbonyl (C=O) groups excluding carboxylic acids is 2. The Hall–Kier alpha value is -2.98. The minimum absolute atomic E-state index is 0.0260. The van der Waals surface area contributed by atoms with E-state index in [1.54, 1.807) is 0 Å². The van der Waals surface area contributed by atoms with E-state index in [-0.39, 0.29) is 11.7 Å². The molecule has 0 N–H and O–H groups in total. The van der Waals surface area contributed by atoms with Gasteiger partial charge in [-0.2, -0.15) is 0 Å². The van der Waals surface area contributed by atoms with Crippen LogP contribution < -0.4 is 0 Å². The number of aryl methyl sites for hydroxylation is 4. The van der Waals surface area contributed by atoms with Crippen LogP contribution >= 0.6 is 0 Å². The van der Waals surface area contributed by atoms with Crippen molar-refractivity contribution in [2.75, 3.05) is 33.7 Å². The predicted molar refractivity (Wildman–Crippen MR) is 133 cm³/mol. The zero-order valence-corrected chi connectivity index (χ0v) is 20.2. The van der Waals surface area contributed by atoms with Crippen molar-refractivity contribution >= 4 is 23.8 Å². The summed E-state index contributed by atoms with van der Waals surface area (Å²) in [7, 11) is 3.92. The summed E-state index contributed by atoms with van der Waals surface area (Å²) in [5, 5.41) is 0. The van der Waals surface area contributed by atoms with Crippen LogP contribution in [0.25, 0.3) is 12.2 Å². The molecule has 32 heavy (non-hydrogen) atoms. The maximum absolute atomic E-state index is 13.4. The molecular formula is C28H34N2O2. The smallest absolute Gasteiger partial charge is 0.224 e. The van der Waals surface area contributed by atoms with E-state index in [0.29, 0.717) is 37.2 Å². The molecule has 2 aromatic carbocycles.